The normalized spacial score (nSPS) is 10.8. The quantitative estimate of drug-likeness (QED) is 0.626. The van der Waals surface area contributed by atoms with E-state index < -0.39 is 0 Å². The molecule has 0 aliphatic rings. The van der Waals surface area contributed by atoms with Crippen LogP contribution in [0.3, 0.4) is 0 Å². The van der Waals surface area contributed by atoms with Crippen molar-refractivity contribution in [3.8, 4) is 0 Å². The van der Waals surface area contributed by atoms with E-state index in [1.54, 1.807) is 0 Å². The molecule has 0 amide bonds. The number of nitrogens with one attached hydrogen (secondary N) is 1. The van der Waals surface area contributed by atoms with Gasteiger partial charge in [-0.25, -0.2) is 15.8 Å². The zero-order chi connectivity index (χ0) is 14.4. The minimum atomic E-state index is 0.567. The Hall–Kier alpha value is -1.94. The Labute approximate surface area is 120 Å². The highest BCUT2D eigenvalue weighted by Gasteiger charge is 2.06. The largest absolute Gasteiger partial charge is 0.308 e. The molecular weight excluding hydrogens is 248 g/mol. The van der Waals surface area contributed by atoms with Crippen molar-refractivity contribution in [1.82, 2.24) is 9.97 Å². The van der Waals surface area contributed by atoms with Crippen molar-refractivity contribution in [2.45, 2.75) is 33.1 Å². The van der Waals surface area contributed by atoms with Crippen LogP contribution >= 0.6 is 0 Å². The van der Waals surface area contributed by atoms with Gasteiger partial charge in [0.25, 0.3) is 0 Å². The fraction of sp³-hybridized carbons (Fsp3) is 0.375. The van der Waals surface area contributed by atoms with E-state index in [0.717, 1.165) is 30.8 Å². The Morgan fingerprint density at radius 1 is 1.10 bits per heavy atom. The first-order valence-electron chi connectivity index (χ1n) is 7.04. The number of hydrogen-bond donors (Lipinski definition) is 2. The van der Waals surface area contributed by atoms with Crippen LogP contribution in [-0.2, 0) is 19.3 Å². The molecule has 4 nitrogen and oxygen atoms in total. The van der Waals surface area contributed by atoms with Gasteiger partial charge in [-0.05, 0) is 24.3 Å². The van der Waals surface area contributed by atoms with E-state index in [9.17, 15) is 0 Å². The van der Waals surface area contributed by atoms with Gasteiger partial charge in [-0.2, -0.15) is 0 Å². The molecule has 0 aliphatic heterocycles. The average Bonchev–Trinajstić information content (AvgIpc) is 2.45. The number of aromatic nitrogens is 2. The summed E-state index contributed by atoms with van der Waals surface area (Å²) >= 11 is 0. The summed E-state index contributed by atoms with van der Waals surface area (Å²) in [6.07, 6.45) is 2.70. The maximum absolute atomic E-state index is 5.49. The summed E-state index contributed by atoms with van der Waals surface area (Å²) in [5.74, 6) is 7.59. The van der Waals surface area contributed by atoms with Gasteiger partial charge in [0, 0.05) is 18.2 Å². The number of anilines is 1. The zero-order valence-corrected chi connectivity index (χ0v) is 12.1. The van der Waals surface area contributed by atoms with Crippen molar-refractivity contribution in [1.29, 1.82) is 0 Å². The number of nitrogen functional groups attached to an aromatic ring is 1. The third kappa shape index (κ3) is 4.31. The molecule has 0 radical (unpaired) electrons. The van der Waals surface area contributed by atoms with Crippen LogP contribution in [0.2, 0.25) is 0 Å². The molecule has 106 valence electrons. The molecule has 0 unspecified atom stereocenters. The molecule has 1 heterocycles. The van der Waals surface area contributed by atoms with Crippen molar-refractivity contribution in [2.24, 2.45) is 11.8 Å². The predicted molar refractivity (Wildman–Crippen MR) is 82.2 cm³/mol. The first-order valence-corrected chi connectivity index (χ1v) is 7.04. The third-order valence-corrected chi connectivity index (χ3v) is 3.07. The lowest BCUT2D eigenvalue weighted by Crippen LogP contribution is -2.13. The highest BCUT2D eigenvalue weighted by molar-refractivity contribution is 5.34. The number of nitrogens with two attached hydrogens (primary N) is 1. The van der Waals surface area contributed by atoms with Gasteiger partial charge in [0.1, 0.15) is 11.6 Å². The van der Waals surface area contributed by atoms with E-state index in [4.69, 9.17) is 5.84 Å². The first kappa shape index (κ1) is 14.5. The summed E-state index contributed by atoms with van der Waals surface area (Å²) in [6, 6.07) is 12.3. The molecule has 1 aromatic heterocycles. The summed E-state index contributed by atoms with van der Waals surface area (Å²) in [5, 5.41) is 0. The molecule has 3 N–H and O–H groups in total. The molecular formula is C16H22N4. The number of nitrogens with zero attached hydrogens (tertiary/aromatic N) is 2. The molecule has 0 atom stereocenters. The smallest absolute Gasteiger partial charge is 0.143 e. The molecule has 0 saturated carbocycles. The Balaban J connectivity index is 2.10. The molecule has 2 aromatic rings. The van der Waals surface area contributed by atoms with Crippen molar-refractivity contribution >= 4 is 5.82 Å². The second-order valence-electron chi connectivity index (χ2n) is 5.39. The lowest BCUT2D eigenvalue weighted by Gasteiger charge is -2.09. The van der Waals surface area contributed by atoms with Crippen LogP contribution in [0.1, 0.15) is 30.9 Å². The van der Waals surface area contributed by atoms with Gasteiger partial charge in [-0.15, -0.1) is 0 Å². The van der Waals surface area contributed by atoms with Crippen molar-refractivity contribution in [3.63, 3.8) is 0 Å². The summed E-state index contributed by atoms with van der Waals surface area (Å²) in [7, 11) is 0. The summed E-state index contributed by atoms with van der Waals surface area (Å²) in [6.45, 7) is 4.36. The van der Waals surface area contributed by atoms with Crippen LogP contribution in [0.4, 0.5) is 5.82 Å². The van der Waals surface area contributed by atoms with Crippen molar-refractivity contribution < 1.29 is 0 Å². The van der Waals surface area contributed by atoms with Crippen LogP contribution in [-0.4, -0.2) is 9.97 Å². The van der Waals surface area contributed by atoms with E-state index in [1.165, 1.54) is 5.56 Å². The monoisotopic (exact) mass is 270 g/mol. The maximum atomic E-state index is 5.49. The number of aryl methyl sites for hydroxylation is 2. The third-order valence-electron chi connectivity index (χ3n) is 3.07. The van der Waals surface area contributed by atoms with Gasteiger partial charge in [-0.3, -0.25) is 0 Å². The zero-order valence-electron chi connectivity index (χ0n) is 12.1. The second kappa shape index (κ2) is 7.01. The van der Waals surface area contributed by atoms with Crippen LogP contribution in [0.25, 0.3) is 0 Å². The minimum Gasteiger partial charge on any atom is -0.308 e. The molecule has 1 aromatic carbocycles. The Morgan fingerprint density at radius 2 is 1.85 bits per heavy atom. The highest BCUT2D eigenvalue weighted by atomic mass is 15.3. The molecule has 0 bridgehead atoms. The number of hydrazine groups is 1. The van der Waals surface area contributed by atoms with Gasteiger partial charge >= 0.3 is 0 Å². The topological polar surface area (TPSA) is 63.8 Å². The highest BCUT2D eigenvalue weighted by Crippen LogP contribution is 2.12. The lowest BCUT2D eigenvalue weighted by molar-refractivity contribution is 0.629. The molecule has 2 rings (SSSR count). The van der Waals surface area contributed by atoms with Gasteiger partial charge in [0.2, 0.25) is 0 Å². The molecule has 0 aliphatic carbocycles. The minimum absolute atomic E-state index is 0.567. The summed E-state index contributed by atoms with van der Waals surface area (Å²) in [4.78, 5) is 9.06. The fourth-order valence-corrected chi connectivity index (χ4v) is 2.16. The first-order chi connectivity index (χ1) is 9.67. The van der Waals surface area contributed by atoms with Gasteiger partial charge in [0.15, 0.2) is 0 Å². The van der Waals surface area contributed by atoms with E-state index in [1.807, 2.05) is 12.1 Å². The van der Waals surface area contributed by atoms with Crippen LogP contribution < -0.4 is 11.3 Å². The fourth-order valence-electron chi connectivity index (χ4n) is 2.16. The summed E-state index contributed by atoms with van der Waals surface area (Å²) in [5.41, 5.74) is 4.97. The summed E-state index contributed by atoms with van der Waals surface area (Å²) < 4.78 is 0. The Morgan fingerprint density at radius 3 is 2.50 bits per heavy atom. The van der Waals surface area contributed by atoms with E-state index in [-0.39, 0.29) is 0 Å². The lowest BCUT2D eigenvalue weighted by atomic mass is 10.1. The molecule has 4 heteroatoms. The Bertz CT molecular complexity index is 537. The SMILES string of the molecule is CC(C)Cc1cc(NN)nc(CCc2ccccc2)n1. The van der Waals surface area contributed by atoms with Crippen LogP contribution in [0.5, 0.6) is 0 Å². The van der Waals surface area contributed by atoms with Crippen molar-refractivity contribution in [2.75, 3.05) is 5.43 Å². The number of benzene rings is 1. The maximum Gasteiger partial charge on any atom is 0.143 e. The molecule has 0 saturated heterocycles. The second-order valence-corrected chi connectivity index (χ2v) is 5.39. The van der Waals surface area contributed by atoms with E-state index in [2.05, 4.69) is 53.5 Å². The number of rotatable bonds is 6. The predicted octanol–water partition coefficient (Wildman–Crippen LogP) is 2.75. The molecule has 0 spiro atoms. The van der Waals surface area contributed by atoms with Gasteiger partial charge in [-0.1, -0.05) is 44.2 Å². The van der Waals surface area contributed by atoms with Gasteiger partial charge < -0.3 is 5.43 Å². The average molecular weight is 270 g/mol. The Kier molecular flexibility index (Phi) is 5.07. The van der Waals surface area contributed by atoms with Gasteiger partial charge in [0.05, 0.1) is 0 Å². The number of hydrogen-bond acceptors (Lipinski definition) is 4. The molecule has 0 fully saturated rings. The van der Waals surface area contributed by atoms with Crippen LogP contribution in [0.15, 0.2) is 36.4 Å². The van der Waals surface area contributed by atoms with Crippen molar-refractivity contribution in [3.05, 3.63) is 53.5 Å². The van der Waals surface area contributed by atoms with Crippen LogP contribution in [0, 0.1) is 5.92 Å². The van der Waals surface area contributed by atoms with E-state index >= 15 is 0 Å². The standard InChI is InChI=1S/C16H22N4/c1-12(2)10-14-11-16(20-17)19-15(18-14)9-8-13-6-4-3-5-7-13/h3-7,11-12H,8-10,17H2,1-2H3,(H,18,19,20). The van der Waals surface area contributed by atoms with E-state index in [0.29, 0.717) is 11.7 Å². The molecule has 20 heavy (non-hydrogen) atoms.